The Kier molecular flexibility index (Phi) is 4.68. The summed E-state index contributed by atoms with van der Waals surface area (Å²) in [5, 5.41) is 27.7. The van der Waals surface area contributed by atoms with Crippen molar-refractivity contribution in [3.05, 3.63) is 59.2 Å². The molecule has 0 bridgehead atoms. The zero-order valence-corrected chi connectivity index (χ0v) is 15.1. The first kappa shape index (κ1) is 18.2. The van der Waals surface area contributed by atoms with Crippen LogP contribution in [0.1, 0.15) is 32.1 Å². The van der Waals surface area contributed by atoms with E-state index in [1.54, 1.807) is 43.9 Å². The third-order valence-electron chi connectivity index (χ3n) is 4.33. The van der Waals surface area contributed by atoms with Gasteiger partial charge in [0.15, 0.2) is 5.69 Å². The number of carbonyl (C=O) groups excluding carboxylic acids is 1. The third kappa shape index (κ3) is 3.39. The number of phenols is 1. The van der Waals surface area contributed by atoms with Gasteiger partial charge in [0.2, 0.25) is 0 Å². The van der Waals surface area contributed by atoms with Crippen LogP contribution in [0, 0.1) is 6.92 Å². The molecular weight excluding hydrogens is 350 g/mol. The Hall–Kier alpha value is -3.62. The monoisotopic (exact) mass is 369 g/mol. The number of aryl methyl sites for hydroxylation is 2. The summed E-state index contributed by atoms with van der Waals surface area (Å²) >= 11 is 0. The molecule has 3 aromatic rings. The van der Waals surface area contributed by atoms with Gasteiger partial charge in [-0.1, -0.05) is 18.2 Å². The van der Waals surface area contributed by atoms with Crippen molar-refractivity contribution in [3.8, 4) is 5.75 Å². The number of carboxylic acids is 1. The third-order valence-corrected chi connectivity index (χ3v) is 4.33. The molecule has 0 aliphatic rings. The van der Waals surface area contributed by atoms with Crippen LogP contribution in [0.15, 0.2) is 36.7 Å². The van der Waals surface area contributed by atoms with Gasteiger partial charge in [0, 0.05) is 25.9 Å². The molecule has 2 N–H and O–H groups in total. The molecule has 0 unspecified atom stereocenters. The van der Waals surface area contributed by atoms with Crippen LogP contribution in [0.4, 0.5) is 5.69 Å². The van der Waals surface area contributed by atoms with E-state index < -0.39 is 11.9 Å². The first-order chi connectivity index (χ1) is 12.8. The zero-order valence-electron chi connectivity index (χ0n) is 15.1. The molecule has 1 amide bonds. The number of carboxylic acid groups (broad SMARTS) is 1. The van der Waals surface area contributed by atoms with Crippen molar-refractivity contribution < 1.29 is 19.8 Å². The van der Waals surface area contributed by atoms with Crippen LogP contribution in [-0.2, 0) is 20.6 Å². The number of carbonyl (C=O) groups is 2. The summed E-state index contributed by atoms with van der Waals surface area (Å²) in [6.07, 6.45) is 2.81. The fourth-order valence-electron chi connectivity index (χ4n) is 2.76. The highest BCUT2D eigenvalue weighted by Crippen LogP contribution is 2.27. The quantitative estimate of drug-likeness (QED) is 0.708. The summed E-state index contributed by atoms with van der Waals surface area (Å²) in [6, 6.07) is 6.65. The molecule has 0 saturated heterocycles. The van der Waals surface area contributed by atoms with Gasteiger partial charge < -0.3 is 10.2 Å². The van der Waals surface area contributed by atoms with Crippen LogP contribution < -0.4 is 4.90 Å². The highest BCUT2D eigenvalue weighted by atomic mass is 16.4. The molecule has 1 aromatic carbocycles. The molecule has 27 heavy (non-hydrogen) atoms. The Bertz CT molecular complexity index is 1020. The fourth-order valence-corrected chi connectivity index (χ4v) is 2.76. The summed E-state index contributed by atoms with van der Waals surface area (Å²) in [5.74, 6) is -1.79. The van der Waals surface area contributed by atoms with E-state index in [2.05, 4.69) is 10.2 Å². The molecule has 0 saturated carbocycles. The average molecular weight is 369 g/mol. The maximum atomic E-state index is 13.2. The highest BCUT2D eigenvalue weighted by Gasteiger charge is 2.29. The number of rotatable bonds is 5. The lowest BCUT2D eigenvalue weighted by Gasteiger charge is -2.22. The number of aromatic carboxylic acids is 1. The van der Waals surface area contributed by atoms with E-state index in [1.807, 2.05) is 0 Å². The minimum absolute atomic E-state index is 0.0354. The van der Waals surface area contributed by atoms with Gasteiger partial charge in [-0.25, -0.2) is 4.79 Å². The molecule has 0 radical (unpaired) electrons. The number of hydrogen-bond donors (Lipinski definition) is 2. The Morgan fingerprint density at radius 2 is 1.93 bits per heavy atom. The SMILES string of the molecule is Cc1c(N(Cc2ccccc2O)C(=O)c2nn(C)cc2C(=O)O)cnn1C. The van der Waals surface area contributed by atoms with Gasteiger partial charge in [0.25, 0.3) is 5.91 Å². The summed E-state index contributed by atoms with van der Waals surface area (Å²) in [6.45, 7) is 1.83. The Labute approximate surface area is 155 Å². The number of nitrogens with zero attached hydrogens (tertiary/aromatic N) is 5. The summed E-state index contributed by atoms with van der Waals surface area (Å²) in [5.41, 5.74) is 1.37. The predicted octanol–water partition coefficient (Wildman–Crippen LogP) is 1.71. The number of aromatic nitrogens is 4. The van der Waals surface area contributed by atoms with Gasteiger partial charge >= 0.3 is 5.97 Å². The van der Waals surface area contributed by atoms with Crippen LogP contribution in [0.5, 0.6) is 5.75 Å². The van der Waals surface area contributed by atoms with Crippen LogP contribution >= 0.6 is 0 Å². The van der Waals surface area contributed by atoms with Gasteiger partial charge in [-0.3, -0.25) is 19.1 Å². The lowest BCUT2D eigenvalue weighted by molar-refractivity contribution is 0.0691. The predicted molar refractivity (Wildman–Crippen MR) is 96.7 cm³/mol. The Balaban J connectivity index is 2.10. The summed E-state index contributed by atoms with van der Waals surface area (Å²) in [7, 11) is 3.29. The number of anilines is 1. The highest BCUT2D eigenvalue weighted by molar-refractivity contribution is 6.10. The number of para-hydroxylation sites is 1. The molecule has 0 aliphatic heterocycles. The lowest BCUT2D eigenvalue weighted by Crippen LogP contribution is -2.32. The lowest BCUT2D eigenvalue weighted by atomic mass is 10.1. The van der Waals surface area contributed by atoms with E-state index in [4.69, 9.17) is 0 Å². The maximum absolute atomic E-state index is 13.2. The molecule has 9 nitrogen and oxygen atoms in total. The first-order valence-electron chi connectivity index (χ1n) is 8.14. The van der Waals surface area contributed by atoms with Crippen molar-refractivity contribution in [2.45, 2.75) is 13.5 Å². The van der Waals surface area contributed by atoms with Crippen LogP contribution in [0.25, 0.3) is 0 Å². The number of hydrogen-bond acceptors (Lipinski definition) is 5. The van der Waals surface area contributed by atoms with Crippen molar-refractivity contribution in [1.82, 2.24) is 19.6 Å². The molecule has 0 fully saturated rings. The molecule has 2 aromatic heterocycles. The Morgan fingerprint density at radius 1 is 1.22 bits per heavy atom. The standard InChI is InChI=1S/C18H19N5O4/c1-11-14(8-19-22(11)3)23(9-12-6-4-5-7-15(12)24)17(25)16-13(18(26)27)10-21(2)20-16/h4-8,10,24H,9H2,1-3H3,(H,26,27). The van der Waals surface area contributed by atoms with Crippen molar-refractivity contribution in [3.63, 3.8) is 0 Å². The van der Waals surface area contributed by atoms with E-state index in [-0.39, 0.29) is 23.6 Å². The van der Waals surface area contributed by atoms with E-state index in [0.29, 0.717) is 16.9 Å². The van der Waals surface area contributed by atoms with Crippen molar-refractivity contribution in [2.24, 2.45) is 14.1 Å². The smallest absolute Gasteiger partial charge is 0.339 e. The van der Waals surface area contributed by atoms with E-state index in [9.17, 15) is 19.8 Å². The van der Waals surface area contributed by atoms with E-state index in [0.717, 1.165) is 0 Å². The topological polar surface area (TPSA) is 113 Å². The fraction of sp³-hybridized carbons (Fsp3) is 0.222. The molecule has 0 atom stereocenters. The number of phenolic OH excluding ortho intramolecular Hbond substituents is 1. The van der Waals surface area contributed by atoms with Gasteiger partial charge in [0.05, 0.1) is 24.1 Å². The zero-order chi connectivity index (χ0) is 19.7. The Morgan fingerprint density at radius 3 is 2.52 bits per heavy atom. The first-order valence-corrected chi connectivity index (χ1v) is 8.14. The van der Waals surface area contributed by atoms with E-state index >= 15 is 0 Å². The summed E-state index contributed by atoms with van der Waals surface area (Å²) < 4.78 is 2.89. The normalized spacial score (nSPS) is 10.8. The number of aromatic hydroxyl groups is 1. The van der Waals surface area contributed by atoms with Crippen LogP contribution in [0.3, 0.4) is 0 Å². The number of benzene rings is 1. The van der Waals surface area contributed by atoms with Crippen molar-refractivity contribution in [2.75, 3.05) is 4.90 Å². The molecule has 3 rings (SSSR count). The molecule has 2 heterocycles. The second-order valence-electron chi connectivity index (χ2n) is 6.13. The molecule has 140 valence electrons. The molecule has 0 spiro atoms. The van der Waals surface area contributed by atoms with Crippen molar-refractivity contribution in [1.29, 1.82) is 0 Å². The number of amides is 1. The van der Waals surface area contributed by atoms with Crippen molar-refractivity contribution >= 4 is 17.6 Å². The van der Waals surface area contributed by atoms with Crippen LogP contribution in [0.2, 0.25) is 0 Å². The molecular formula is C18H19N5O4. The second kappa shape index (κ2) is 6.94. The largest absolute Gasteiger partial charge is 0.508 e. The van der Waals surface area contributed by atoms with Gasteiger partial charge in [-0.2, -0.15) is 10.2 Å². The molecule has 0 aliphatic carbocycles. The van der Waals surface area contributed by atoms with Gasteiger partial charge in [0.1, 0.15) is 11.3 Å². The van der Waals surface area contributed by atoms with Gasteiger partial charge in [-0.15, -0.1) is 0 Å². The van der Waals surface area contributed by atoms with E-state index in [1.165, 1.54) is 28.0 Å². The maximum Gasteiger partial charge on any atom is 0.339 e. The van der Waals surface area contributed by atoms with Crippen LogP contribution in [-0.4, -0.2) is 41.7 Å². The second-order valence-corrected chi connectivity index (χ2v) is 6.13. The molecule has 9 heteroatoms. The average Bonchev–Trinajstić information content (AvgIpc) is 3.17. The summed E-state index contributed by atoms with van der Waals surface area (Å²) in [4.78, 5) is 26.1. The van der Waals surface area contributed by atoms with Gasteiger partial charge in [-0.05, 0) is 13.0 Å². The minimum Gasteiger partial charge on any atom is -0.508 e. The minimum atomic E-state index is -1.24.